The van der Waals surface area contributed by atoms with Crippen LogP contribution in [0.5, 0.6) is 0 Å². The number of rotatable bonds is 1. The minimum Gasteiger partial charge on any atom is -0.256 e. The zero-order valence-electron chi connectivity index (χ0n) is 17.8. The molecule has 0 fully saturated rings. The number of nitrogens with zero attached hydrogens (tertiary/aromatic N) is 1. The predicted molar refractivity (Wildman–Crippen MR) is 122 cm³/mol. The van der Waals surface area contributed by atoms with Crippen molar-refractivity contribution < 1.29 is 0 Å². The third-order valence-electron chi connectivity index (χ3n) is 5.63. The Morgan fingerprint density at radius 2 is 1.21 bits per heavy atom. The monoisotopic (exact) mass is 367 g/mol. The molecule has 4 aromatic rings. The third kappa shape index (κ3) is 3.42. The van der Waals surface area contributed by atoms with Crippen molar-refractivity contribution >= 4 is 21.5 Å². The fourth-order valence-corrected chi connectivity index (χ4v) is 3.74. The second-order valence-corrected chi connectivity index (χ2v) is 9.87. The summed E-state index contributed by atoms with van der Waals surface area (Å²) in [6, 6.07) is 22.4. The van der Waals surface area contributed by atoms with E-state index in [4.69, 9.17) is 0 Å². The quantitative estimate of drug-likeness (QED) is 0.315. The Morgan fingerprint density at radius 1 is 0.571 bits per heavy atom. The first kappa shape index (κ1) is 18.7. The van der Waals surface area contributed by atoms with Crippen molar-refractivity contribution in [1.29, 1.82) is 0 Å². The van der Waals surface area contributed by atoms with E-state index in [1.165, 1.54) is 38.2 Å². The summed E-state index contributed by atoms with van der Waals surface area (Å²) in [5.41, 5.74) is 5.16. The van der Waals surface area contributed by atoms with Gasteiger partial charge in [-0.05, 0) is 61.7 Å². The molecule has 142 valence electrons. The third-order valence-corrected chi connectivity index (χ3v) is 5.63. The molecule has 0 saturated carbocycles. The molecule has 0 saturated heterocycles. The van der Waals surface area contributed by atoms with E-state index in [1.807, 2.05) is 6.20 Å². The van der Waals surface area contributed by atoms with Crippen molar-refractivity contribution in [3.8, 4) is 11.3 Å². The maximum atomic E-state index is 4.66. The fraction of sp³-hybridized carbons (Fsp3) is 0.296. The van der Waals surface area contributed by atoms with Crippen molar-refractivity contribution in [2.45, 2.75) is 52.4 Å². The number of aromatic nitrogens is 1. The predicted octanol–water partition coefficient (Wildman–Crippen LogP) is 7.65. The first-order valence-corrected chi connectivity index (χ1v) is 10.1. The molecule has 1 aromatic heterocycles. The second-order valence-electron chi connectivity index (χ2n) is 9.87. The van der Waals surface area contributed by atoms with E-state index in [0.717, 1.165) is 5.69 Å². The fourth-order valence-electron chi connectivity index (χ4n) is 3.74. The highest BCUT2D eigenvalue weighted by molar-refractivity contribution is 6.08. The average Bonchev–Trinajstić information content (AvgIpc) is 2.65. The van der Waals surface area contributed by atoms with Crippen molar-refractivity contribution in [2.24, 2.45) is 0 Å². The zero-order valence-corrected chi connectivity index (χ0v) is 17.8. The SMILES string of the molecule is CC(C)(C)c1ccnc(-c2ccc3ccc4cc(C(C)(C)C)ccc4c3c2)c1. The number of hydrogen-bond donors (Lipinski definition) is 0. The van der Waals surface area contributed by atoms with Gasteiger partial charge in [0, 0.05) is 11.8 Å². The summed E-state index contributed by atoms with van der Waals surface area (Å²) < 4.78 is 0. The van der Waals surface area contributed by atoms with Gasteiger partial charge in [-0.1, -0.05) is 84.0 Å². The first-order valence-electron chi connectivity index (χ1n) is 10.1. The second kappa shape index (κ2) is 6.44. The molecule has 4 rings (SSSR count). The van der Waals surface area contributed by atoms with Gasteiger partial charge in [-0.2, -0.15) is 0 Å². The zero-order chi connectivity index (χ0) is 20.1. The first-order chi connectivity index (χ1) is 13.1. The van der Waals surface area contributed by atoms with Gasteiger partial charge in [0.15, 0.2) is 0 Å². The molecule has 3 aromatic carbocycles. The standard InChI is InChI=1S/C27H29N/c1-26(2,3)21-11-12-23-19(15-21)9-7-18-8-10-20(16-24(18)23)25-17-22(13-14-28-25)27(4,5)6/h7-17H,1-6H3. The summed E-state index contributed by atoms with van der Waals surface area (Å²) in [5.74, 6) is 0. The summed E-state index contributed by atoms with van der Waals surface area (Å²) in [6.07, 6.45) is 1.93. The maximum Gasteiger partial charge on any atom is 0.0705 e. The lowest BCUT2D eigenvalue weighted by Crippen LogP contribution is -2.11. The van der Waals surface area contributed by atoms with Crippen molar-refractivity contribution in [2.75, 3.05) is 0 Å². The minimum atomic E-state index is 0.116. The highest BCUT2D eigenvalue weighted by Crippen LogP contribution is 2.33. The summed E-state index contributed by atoms with van der Waals surface area (Å²) in [6.45, 7) is 13.5. The Labute approximate surface area is 168 Å². The number of fused-ring (bicyclic) bond motifs is 3. The molecule has 0 amide bonds. The molecule has 0 radical (unpaired) electrons. The van der Waals surface area contributed by atoms with Crippen LogP contribution in [0.15, 0.2) is 66.9 Å². The Kier molecular flexibility index (Phi) is 4.30. The van der Waals surface area contributed by atoms with Crippen LogP contribution >= 0.6 is 0 Å². The van der Waals surface area contributed by atoms with Crippen LogP contribution in [0.4, 0.5) is 0 Å². The summed E-state index contributed by atoms with van der Waals surface area (Å²) >= 11 is 0. The van der Waals surface area contributed by atoms with Gasteiger partial charge in [0.05, 0.1) is 5.69 Å². The summed E-state index contributed by atoms with van der Waals surface area (Å²) in [7, 11) is 0. The minimum absolute atomic E-state index is 0.116. The van der Waals surface area contributed by atoms with Gasteiger partial charge in [-0.3, -0.25) is 4.98 Å². The van der Waals surface area contributed by atoms with Crippen molar-refractivity contribution in [3.63, 3.8) is 0 Å². The normalized spacial score (nSPS) is 12.6. The number of benzene rings is 3. The largest absolute Gasteiger partial charge is 0.256 e. The van der Waals surface area contributed by atoms with E-state index >= 15 is 0 Å². The van der Waals surface area contributed by atoms with Crippen LogP contribution in [0.2, 0.25) is 0 Å². The molecule has 0 aliphatic heterocycles. The van der Waals surface area contributed by atoms with Gasteiger partial charge in [-0.25, -0.2) is 0 Å². The average molecular weight is 368 g/mol. The van der Waals surface area contributed by atoms with Crippen LogP contribution in [0.25, 0.3) is 32.8 Å². The molecule has 1 heteroatoms. The molecule has 1 nitrogen and oxygen atoms in total. The molecule has 0 unspecified atom stereocenters. The topological polar surface area (TPSA) is 12.9 Å². The molecule has 1 heterocycles. The summed E-state index contributed by atoms with van der Waals surface area (Å²) in [5, 5.41) is 5.16. The summed E-state index contributed by atoms with van der Waals surface area (Å²) in [4.78, 5) is 4.66. The van der Waals surface area contributed by atoms with Gasteiger partial charge in [0.1, 0.15) is 0 Å². The number of pyridine rings is 1. The molecular weight excluding hydrogens is 338 g/mol. The van der Waals surface area contributed by atoms with E-state index in [9.17, 15) is 0 Å². The Balaban J connectivity index is 1.89. The van der Waals surface area contributed by atoms with E-state index in [1.54, 1.807) is 0 Å². The van der Waals surface area contributed by atoms with Gasteiger partial charge >= 0.3 is 0 Å². The van der Waals surface area contributed by atoms with Gasteiger partial charge in [-0.15, -0.1) is 0 Å². The van der Waals surface area contributed by atoms with E-state index in [-0.39, 0.29) is 10.8 Å². The molecule has 0 spiro atoms. The van der Waals surface area contributed by atoms with Crippen LogP contribution in [-0.2, 0) is 10.8 Å². The van der Waals surface area contributed by atoms with Crippen LogP contribution in [0.3, 0.4) is 0 Å². The van der Waals surface area contributed by atoms with Gasteiger partial charge in [0.2, 0.25) is 0 Å². The van der Waals surface area contributed by atoms with Crippen LogP contribution in [0, 0.1) is 0 Å². The van der Waals surface area contributed by atoms with Crippen LogP contribution in [-0.4, -0.2) is 4.98 Å². The van der Waals surface area contributed by atoms with Gasteiger partial charge in [0.25, 0.3) is 0 Å². The lowest BCUT2D eigenvalue weighted by Gasteiger charge is -2.20. The molecule has 0 aliphatic rings. The highest BCUT2D eigenvalue weighted by atomic mass is 14.7. The van der Waals surface area contributed by atoms with Crippen molar-refractivity contribution in [1.82, 2.24) is 4.98 Å². The molecule has 0 aliphatic carbocycles. The van der Waals surface area contributed by atoms with Crippen LogP contribution < -0.4 is 0 Å². The smallest absolute Gasteiger partial charge is 0.0705 e. The van der Waals surface area contributed by atoms with E-state index < -0.39 is 0 Å². The van der Waals surface area contributed by atoms with Gasteiger partial charge < -0.3 is 0 Å². The molecule has 0 bridgehead atoms. The molecule has 0 N–H and O–H groups in total. The maximum absolute atomic E-state index is 4.66. The lowest BCUT2D eigenvalue weighted by molar-refractivity contribution is 0.589. The number of hydrogen-bond acceptors (Lipinski definition) is 1. The Bertz CT molecular complexity index is 1170. The van der Waals surface area contributed by atoms with E-state index in [0.29, 0.717) is 0 Å². The highest BCUT2D eigenvalue weighted by Gasteiger charge is 2.16. The van der Waals surface area contributed by atoms with Crippen molar-refractivity contribution in [3.05, 3.63) is 78.0 Å². The lowest BCUT2D eigenvalue weighted by atomic mass is 9.85. The molecule has 0 atom stereocenters. The van der Waals surface area contributed by atoms with E-state index in [2.05, 4.69) is 107 Å². The Hall–Kier alpha value is -2.67. The molecular formula is C27H29N. The Morgan fingerprint density at radius 3 is 1.93 bits per heavy atom. The van der Waals surface area contributed by atoms with Crippen LogP contribution in [0.1, 0.15) is 52.7 Å². The molecule has 28 heavy (non-hydrogen) atoms.